The Labute approximate surface area is 163 Å². The zero-order valence-electron chi connectivity index (χ0n) is 18.3. The van der Waals surface area contributed by atoms with Gasteiger partial charge in [0, 0.05) is 7.92 Å². The lowest BCUT2D eigenvalue weighted by Gasteiger charge is -2.11. The van der Waals surface area contributed by atoms with E-state index >= 15 is 0 Å². The van der Waals surface area contributed by atoms with Crippen molar-refractivity contribution >= 4 is 7.92 Å². The Morgan fingerprint density at radius 1 is 0.320 bits per heavy atom. The summed E-state index contributed by atoms with van der Waals surface area (Å²) >= 11 is 0. The van der Waals surface area contributed by atoms with Gasteiger partial charge in [-0.1, -0.05) is 97.8 Å². The number of rotatable bonds is 21. The second-order valence-corrected chi connectivity index (χ2v) is 11.3. The van der Waals surface area contributed by atoms with Crippen molar-refractivity contribution in [2.75, 3.05) is 18.5 Å². The topological polar surface area (TPSA) is 0 Å². The van der Waals surface area contributed by atoms with Crippen molar-refractivity contribution in [3.05, 3.63) is 0 Å². The second kappa shape index (κ2) is 22.5. The summed E-state index contributed by atoms with van der Waals surface area (Å²) in [5.41, 5.74) is 0. The highest BCUT2D eigenvalue weighted by molar-refractivity contribution is 7.57. The SMILES string of the molecule is CCCCCCCC[PH+](CCCCCCCC)CCCCCCCC. The van der Waals surface area contributed by atoms with E-state index in [1.807, 2.05) is 0 Å². The van der Waals surface area contributed by atoms with Crippen LogP contribution in [-0.4, -0.2) is 18.5 Å². The Balaban J connectivity index is 3.76. The van der Waals surface area contributed by atoms with Crippen LogP contribution in [0.25, 0.3) is 0 Å². The fourth-order valence-electron chi connectivity index (χ4n) is 3.84. The molecular weight excluding hydrogens is 319 g/mol. The highest BCUT2D eigenvalue weighted by atomic mass is 31.1. The molecular formula is C24H52P+. The van der Waals surface area contributed by atoms with Crippen LogP contribution in [0.3, 0.4) is 0 Å². The summed E-state index contributed by atoms with van der Waals surface area (Å²) < 4.78 is 0. The van der Waals surface area contributed by atoms with Gasteiger partial charge in [-0.2, -0.15) is 0 Å². The molecule has 0 aromatic heterocycles. The molecule has 25 heavy (non-hydrogen) atoms. The maximum atomic E-state index is 2.32. The predicted octanol–water partition coefficient (Wildman–Crippen LogP) is 9.28. The van der Waals surface area contributed by atoms with Gasteiger partial charge in [-0.15, -0.1) is 0 Å². The molecule has 0 saturated heterocycles. The van der Waals surface area contributed by atoms with Crippen LogP contribution in [0.5, 0.6) is 0 Å². The Hall–Kier alpha value is 0.430. The number of unbranched alkanes of at least 4 members (excludes halogenated alkanes) is 15. The lowest BCUT2D eigenvalue weighted by molar-refractivity contribution is 0.617. The van der Waals surface area contributed by atoms with Gasteiger partial charge in [0.2, 0.25) is 0 Å². The molecule has 0 atom stereocenters. The highest BCUT2D eigenvalue weighted by Crippen LogP contribution is 2.39. The van der Waals surface area contributed by atoms with Crippen molar-refractivity contribution in [3.63, 3.8) is 0 Å². The lowest BCUT2D eigenvalue weighted by atomic mass is 10.1. The van der Waals surface area contributed by atoms with Crippen LogP contribution >= 0.6 is 7.92 Å². The van der Waals surface area contributed by atoms with Crippen LogP contribution in [0.4, 0.5) is 0 Å². The lowest BCUT2D eigenvalue weighted by Crippen LogP contribution is -1.97. The minimum atomic E-state index is -0.0222. The van der Waals surface area contributed by atoms with E-state index in [0.717, 1.165) is 0 Å². The molecule has 0 fully saturated rings. The average molecular weight is 372 g/mol. The fraction of sp³-hybridized carbons (Fsp3) is 1.00. The van der Waals surface area contributed by atoms with E-state index in [-0.39, 0.29) is 7.92 Å². The van der Waals surface area contributed by atoms with E-state index in [9.17, 15) is 0 Å². The van der Waals surface area contributed by atoms with Crippen molar-refractivity contribution in [3.8, 4) is 0 Å². The van der Waals surface area contributed by atoms with Gasteiger partial charge >= 0.3 is 0 Å². The largest absolute Gasteiger partial charge is 0.0654 e. The number of hydrogen-bond donors (Lipinski definition) is 0. The highest BCUT2D eigenvalue weighted by Gasteiger charge is 2.14. The fourth-order valence-corrected chi connectivity index (χ4v) is 6.84. The molecule has 0 amide bonds. The molecule has 1 heteroatoms. The van der Waals surface area contributed by atoms with E-state index in [4.69, 9.17) is 0 Å². The molecule has 0 rings (SSSR count). The molecule has 0 aliphatic carbocycles. The molecule has 0 bridgehead atoms. The minimum absolute atomic E-state index is 0.0222. The third-order valence-electron chi connectivity index (χ3n) is 5.65. The second-order valence-electron chi connectivity index (χ2n) is 8.30. The van der Waals surface area contributed by atoms with Crippen LogP contribution in [-0.2, 0) is 0 Å². The van der Waals surface area contributed by atoms with Crippen molar-refractivity contribution in [2.24, 2.45) is 0 Å². The molecule has 0 aromatic rings. The summed E-state index contributed by atoms with van der Waals surface area (Å²) in [5.74, 6) is 0. The zero-order chi connectivity index (χ0) is 18.4. The standard InChI is InChI=1S/C24H51P/c1-4-7-10-13-16-19-22-25(23-20-17-14-11-8-5-2)24-21-18-15-12-9-6-3/h4-24H2,1-3H3/p+1. The normalized spacial score (nSPS) is 11.5. The summed E-state index contributed by atoms with van der Waals surface area (Å²) in [4.78, 5) is 0. The van der Waals surface area contributed by atoms with Crippen LogP contribution in [0.2, 0.25) is 0 Å². The zero-order valence-corrected chi connectivity index (χ0v) is 19.3. The van der Waals surface area contributed by atoms with Gasteiger partial charge in [-0.25, -0.2) is 0 Å². The Morgan fingerprint density at radius 3 is 0.840 bits per heavy atom. The quantitative estimate of drug-likeness (QED) is 0.139. The molecule has 0 unspecified atom stereocenters. The maximum Gasteiger partial charge on any atom is 0.0571 e. The Morgan fingerprint density at radius 2 is 0.560 bits per heavy atom. The van der Waals surface area contributed by atoms with Crippen LogP contribution in [0.1, 0.15) is 136 Å². The molecule has 0 radical (unpaired) electrons. The molecule has 0 aliphatic heterocycles. The molecule has 0 saturated carbocycles. The summed E-state index contributed by atoms with van der Waals surface area (Å²) in [6, 6.07) is 0. The van der Waals surface area contributed by atoms with Crippen LogP contribution < -0.4 is 0 Å². The van der Waals surface area contributed by atoms with Crippen molar-refractivity contribution in [2.45, 2.75) is 136 Å². The van der Waals surface area contributed by atoms with E-state index in [0.29, 0.717) is 0 Å². The molecule has 0 spiro atoms. The smallest absolute Gasteiger partial charge is 0.0571 e. The van der Waals surface area contributed by atoms with Gasteiger partial charge in [0.1, 0.15) is 0 Å². The first-order valence-electron chi connectivity index (χ1n) is 12.2. The summed E-state index contributed by atoms with van der Waals surface area (Å²) in [5, 5.41) is 0. The number of hydrogen-bond acceptors (Lipinski definition) is 0. The molecule has 0 N–H and O–H groups in total. The molecule has 0 heterocycles. The monoisotopic (exact) mass is 371 g/mol. The van der Waals surface area contributed by atoms with Crippen molar-refractivity contribution in [1.29, 1.82) is 0 Å². The van der Waals surface area contributed by atoms with Gasteiger partial charge in [-0.3, -0.25) is 0 Å². The minimum Gasteiger partial charge on any atom is -0.0654 e. The average Bonchev–Trinajstić information content (AvgIpc) is 2.63. The molecule has 152 valence electrons. The molecule has 0 nitrogen and oxygen atoms in total. The third-order valence-corrected chi connectivity index (χ3v) is 8.83. The van der Waals surface area contributed by atoms with Crippen LogP contribution in [0.15, 0.2) is 0 Å². The Kier molecular flexibility index (Phi) is 22.9. The Bertz CT molecular complexity index is 188. The van der Waals surface area contributed by atoms with Crippen molar-refractivity contribution < 1.29 is 0 Å². The van der Waals surface area contributed by atoms with Gasteiger partial charge in [0.05, 0.1) is 18.5 Å². The molecule has 0 aromatic carbocycles. The maximum absolute atomic E-state index is 2.32. The van der Waals surface area contributed by atoms with Gasteiger partial charge in [-0.05, 0) is 38.5 Å². The summed E-state index contributed by atoms with van der Waals surface area (Å²) in [6.45, 7) is 6.96. The van der Waals surface area contributed by atoms with Gasteiger partial charge in [0.15, 0.2) is 0 Å². The summed E-state index contributed by atoms with van der Waals surface area (Å²) in [7, 11) is -0.0222. The predicted molar refractivity (Wildman–Crippen MR) is 123 cm³/mol. The summed E-state index contributed by atoms with van der Waals surface area (Å²) in [6.07, 6.45) is 31.5. The molecule has 0 aliphatic rings. The van der Waals surface area contributed by atoms with Gasteiger partial charge < -0.3 is 0 Å². The van der Waals surface area contributed by atoms with Crippen LogP contribution in [0, 0.1) is 0 Å². The first kappa shape index (κ1) is 25.4. The van der Waals surface area contributed by atoms with E-state index < -0.39 is 0 Å². The van der Waals surface area contributed by atoms with E-state index in [1.54, 1.807) is 37.7 Å². The van der Waals surface area contributed by atoms with Crippen molar-refractivity contribution in [1.82, 2.24) is 0 Å². The van der Waals surface area contributed by atoms with Gasteiger partial charge in [0.25, 0.3) is 0 Å². The first-order valence-corrected chi connectivity index (χ1v) is 14.3. The van der Waals surface area contributed by atoms with E-state index in [2.05, 4.69) is 20.8 Å². The van der Waals surface area contributed by atoms with E-state index in [1.165, 1.54) is 96.3 Å². The third kappa shape index (κ3) is 20.6. The first-order chi connectivity index (χ1) is 12.3.